The predicted octanol–water partition coefficient (Wildman–Crippen LogP) is 11.7. The lowest BCUT2D eigenvalue weighted by Crippen LogP contribution is -2.49. The van der Waals surface area contributed by atoms with Crippen molar-refractivity contribution in [2.75, 3.05) is 23.3 Å². The summed E-state index contributed by atoms with van der Waals surface area (Å²) in [5.41, 5.74) is -21.6. The van der Waals surface area contributed by atoms with Crippen LogP contribution < -0.4 is 7.89 Å². The summed E-state index contributed by atoms with van der Waals surface area (Å²) in [5, 5.41) is 50.8. The molecule has 2 aliphatic rings. The second-order valence-electron chi connectivity index (χ2n) is 15.4. The van der Waals surface area contributed by atoms with Gasteiger partial charge in [0.2, 0.25) is 0 Å². The number of sulfonamides is 2. The van der Waals surface area contributed by atoms with Gasteiger partial charge in [-0.1, -0.05) is 86.5 Å². The highest BCUT2D eigenvalue weighted by Crippen LogP contribution is 2.49. The molecule has 2 aliphatic carbocycles. The van der Waals surface area contributed by atoms with Crippen LogP contribution in [0.25, 0.3) is 0 Å². The average molecular weight is 1130 g/mol. The zero-order valence-corrected chi connectivity index (χ0v) is 40.7. The van der Waals surface area contributed by atoms with Gasteiger partial charge >= 0.3 is 46.7 Å². The van der Waals surface area contributed by atoms with E-state index >= 15 is 0 Å². The topological polar surface area (TPSA) is 219 Å². The Bertz CT molecular complexity index is 3350. The molecular weight excluding hydrogens is 1050 g/mol. The van der Waals surface area contributed by atoms with Crippen molar-refractivity contribution in [3.63, 3.8) is 0 Å². The fourth-order valence-corrected chi connectivity index (χ4v) is 10.1. The van der Waals surface area contributed by atoms with Crippen molar-refractivity contribution >= 4 is 35.9 Å². The number of phenolic OH excluding ortho intramolecular Hbond substituents is 5. The maximum Gasteiger partial charge on any atom is 0.534 e. The monoisotopic (exact) mass is 1130 g/mol. The molecule has 73 heavy (non-hydrogen) atoms. The van der Waals surface area contributed by atoms with Crippen LogP contribution in [0.2, 0.25) is 0 Å². The van der Waals surface area contributed by atoms with Crippen LogP contribution in [0.4, 0.5) is 45.2 Å². The highest BCUT2D eigenvalue weighted by Gasteiger charge is 2.61. The molecule has 0 amide bonds. The Morgan fingerprint density at radius 1 is 0.644 bits per heavy atom. The summed E-state index contributed by atoms with van der Waals surface area (Å²) >= 11 is 0. The van der Waals surface area contributed by atoms with Crippen LogP contribution in [-0.2, 0) is 30.2 Å². The Morgan fingerprint density at radius 3 is 1.33 bits per heavy atom. The third kappa shape index (κ3) is 16.2. The molecule has 0 aromatic heterocycles. The fourth-order valence-electron chi connectivity index (χ4n) is 6.96. The van der Waals surface area contributed by atoms with Gasteiger partial charge in [0.15, 0.2) is 0 Å². The molecule has 410 valence electrons. The van der Waals surface area contributed by atoms with E-state index in [9.17, 15) is 90.3 Å². The highest BCUT2D eigenvalue weighted by atomic mass is 32.3. The third-order valence-corrected chi connectivity index (χ3v) is 15.2. The lowest BCUT2D eigenvalue weighted by molar-refractivity contribution is -0.0501. The summed E-state index contributed by atoms with van der Waals surface area (Å²) in [6.07, 6.45) is 1.99. The zero-order chi connectivity index (χ0) is 69.6. The van der Waals surface area contributed by atoms with Crippen molar-refractivity contribution in [2.45, 2.75) is 102 Å². The summed E-state index contributed by atoms with van der Waals surface area (Å²) in [6.45, 7) is -2.70. The molecule has 3 aromatic carbocycles. The van der Waals surface area contributed by atoms with Gasteiger partial charge in [0.05, 0.1) is 11.2 Å². The Kier molecular flexibility index (Phi) is 14.3. The summed E-state index contributed by atoms with van der Waals surface area (Å²) in [6, 6.07) is 6.60. The molecule has 0 fully saturated rings. The molecular formula is C47H59F9N2O12S3. The van der Waals surface area contributed by atoms with Crippen LogP contribution in [-0.4, -0.2) is 91.8 Å². The molecule has 26 heteroatoms. The van der Waals surface area contributed by atoms with Gasteiger partial charge < -0.3 is 34.6 Å². The normalized spacial score (nSPS) is 22.3. The number of anilines is 1. The van der Waals surface area contributed by atoms with Crippen molar-refractivity contribution < 1.29 is 116 Å². The highest BCUT2D eigenvalue weighted by molar-refractivity contribution is 8.11. The Morgan fingerprint density at radius 2 is 1.03 bits per heavy atom. The molecule has 0 saturated carbocycles. The number of rotatable bonds is 12. The molecule has 0 radical (unpaired) electrons. The van der Waals surface area contributed by atoms with Crippen LogP contribution in [0.3, 0.4) is 0 Å². The van der Waals surface area contributed by atoms with E-state index in [0.29, 0.717) is 24.3 Å². The van der Waals surface area contributed by atoms with Crippen molar-refractivity contribution in [3.05, 3.63) is 113 Å². The number of phenols is 5. The number of allylic oxidation sites excluding steroid dienone is 6. The van der Waals surface area contributed by atoms with Crippen molar-refractivity contribution in [1.82, 2.24) is 4.90 Å². The number of aromatic hydroxyl groups is 5. The van der Waals surface area contributed by atoms with E-state index < -0.39 is 171 Å². The Balaban J connectivity index is 0.000000441. The lowest BCUT2D eigenvalue weighted by atomic mass is 9.74. The van der Waals surface area contributed by atoms with Gasteiger partial charge in [-0.2, -0.15) is 64.8 Å². The maximum absolute atomic E-state index is 12.6. The van der Waals surface area contributed by atoms with Crippen molar-refractivity contribution in [3.8, 4) is 34.5 Å². The van der Waals surface area contributed by atoms with E-state index in [1.807, 2.05) is 0 Å². The van der Waals surface area contributed by atoms with Crippen LogP contribution in [0, 0.1) is 11.8 Å². The van der Waals surface area contributed by atoms with Gasteiger partial charge in [-0.3, -0.25) is 0 Å². The number of para-hydroxylation sites is 1. The van der Waals surface area contributed by atoms with Gasteiger partial charge in [-0.05, 0) is 96.7 Å². The number of benzene rings is 3. The van der Waals surface area contributed by atoms with Gasteiger partial charge in [-0.25, -0.2) is 0 Å². The first kappa shape index (κ1) is 41.7. The van der Waals surface area contributed by atoms with Crippen LogP contribution in [0.1, 0.15) is 119 Å². The van der Waals surface area contributed by atoms with Gasteiger partial charge in [0.25, 0.3) is 0 Å². The zero-order valence-electron chi connectivity index (χ0n) is 54.2. The largest absolute Gasteiger partial charge is 0.534 e. The quantitative estimate of drug-likeness (QED) is 0.0494. The van der Waals surface area contributed by atoms with E-state index in [1.165, 1.54) is 25.7 Å². The standard InChI is InChI=1S/C17H19F3O5S.C16H20O3.C8H5F6NO4S2.C6H15N/c1-9(2)12-5-4-10(3)6-13(12)16-14(21)7-11(8-15(16)22)25-26(23,24)17(18,19)20;1-9(2)12-5-4-10(3)6-13(12)16-14(18)7-11(17)8-15(16)19;9-7(10,11)20(16,17)15(6-4-2-1-3-5-6)21(18,19)8(12,13)14;1-4-7(5-2)6-3/h6-8,12-13,21-22H,1,4-5H2,2-3H3;6-8,12-13,17-19H,1,4-5H2,2-3H3;1-5H;4-6H2,1-3H3/t2*12-,13+;;/m00../s1/i2*1D2,2D3,3D3;;. The third-order valence-electron chi connectivity index (χ3n) is 10.5. The van der Waals surface area contributed by atoms with E-state index in [1.54, 1.807) is 0 Å². The summed E-state index contributed by atoms with van der Waals surface area (Å²) in [4.78, 5) is 2.38. The first-order valence-corrected chi connectivity index (χ1v) is 25.1. The molecule has 5 N–H and O–H groups in total. The first-order valence-electron chi connectivity index (χ1n) is 28.8. The Hall–Kier alpha value is -5.60. The fraction of sp³-hybridized carbons (Fsp3) is 0.447. The van der Waals surface area contributed by atoms with Gasteiger partial charge in [0.1, 0.15) is 34.5 Å². The number of alkyl halides is 9. The minimum atomic E-state index is -6.81. The molecule has 0 aliphatic heterocycles. The second-order valence-corrected chi connectivity index (χ2v) is 20.7. The van der Waals surface area contributed by atoms with E-state index in [4.69, 9.17) is 21.9 Å². The smallest absolute Gasteiger partial charge is 0.508 e. The maximum atomic E-state index is 12.6. The molecule has 3 aromatic rings. The second kappa shape index (κ2) is 25.1. The van der Waals surface area contributed by atoms with Crippen molar-refractivity contribution in [1.29, 1.82) is 0 Å². The molecule has 14 nitrogen and oxygen atoms in total. The van der Waals surface area contributed by atoms with E-state index in [0.717, 1.165) is 36.4 Å². The summed E-state index contributed by atoms with van der Waals surface area (Å²) in [5.74, 6) is -9.43. The van der Waals surface area contributed by atoms with Gasteiger partial charge in [-0.15, -0.1) is 3.71 Å². The summed E-state index contributed by atoms with van der Waals surface area (Å²) < 4.78 is 304. The van der Waals surface area contributed by atoms with Crippen molar-refractivity contribution in [2.24, 2.45) is 11.8 Å². The Labute approximate surface area is 441 Å². The minimum absolute atomic E-state index is 0.0175. The number of hydrogen-bond acceptors (Lipinski definition) is 13. The van der Waals surface area contributed by atoms with E-state index in [-0.39, 0.29) is 42.4 Å². The average Bonchev–Trinajstić information content (AvgIpc) is 0.841. The predicted molar refractivity (Wildman–Crippen MR) is 257 cm³/mol. The molecule has 0 heterocycles. The van der Waals surface area contributed by atoms with E-state index in [2.05, 4.69) is 29.9 Å². The molecule has 0 bridgehead atoms. The van der Waals surface area contributed by atoms with Crippen LogP contribution in [0.15, 0.2) is 102 Å². The lowest BCUT2D eigenvalue weighted by Gasteiger charge is -2.31. The first-order chi connectivity index (χ1) is 40.0. The SMILES string of the molecule is CCN(CC)CC.O=S(=O)(N(c1ccccc1)S(=O)(=O)C(F)(F)F)C(F)(F)F.[2H]C([2H])=C([C@@H]1CCC(C([2H])([2H])[2H])=C[C@H]1c1c(O)cc(O)cc1O)C([2H])([2H])[2H].[2H]C([2H])=C([C@@H]1CCC(C([2H])([2H])[2H])=C[C@H]1c1c(O)cc(OS(=O)(=O)C(F)(F)F)cc1O)C([2H])([2H])[2H]. The van der Waals surface area contributed by atoms with Crippen LogP contribution in [0.5, 0.6) is 34.5 Å². The molecule has 5 rings (SSSR count). The molecule has 0 saturated heterocycles. The molecule has 0 spiro atoms. The number of nitrogens with zero attached hydrogens (tertiary/aromatic N) is 2. The molecule has 4 atom stereocenters. The van der Waals surface area contributed by atoms with Gasteiger partial charge in [0, 0.05) is 63.7 Å². The molecule has 0 unspecified atom stereocenters. The number of hydrogen-bond donors (Lipinski definition) is 5. The number of halogens is 9. The minimum Gasteiger partial charge on any atom is -0.508 e. The van der Waals surface area contributed by atoms with Crippen LogP contribution >= 0.6 is 0 Å². The summed E-state index contributed by atoms with van der Waals surface area (Å²) in [7, 11) is -19.8.